The Hall–Kier alpha value is -3.31. The van der Waals surface area contributed by atoms with E-state index in [4.69, 9.17) is 18.9 Å². The summed E-state index contributed by atoms with van der Waals surface area (Å²) in [7, 11) is -0.687. The largest absolute Gasteiger partial charge is 0.493 e. The number of benzene rings is 2. The van der Waals surface area contributed by atoms with Crippen LogP contribution in [0.2, 0.25) is 0 Å². The smallest absolute Gasteiger partial charge is 0.243 e. The molecule has 0 atom stereocenters. The Morgan fingerprint density at radius 3 is 2.27 bits per heavy atom. The maximum absolute atomic E-state index is 13.2. The molecule has 1 aromatic heterocycles. The maximum Gasteiger partial charge on any atom is 0.243 e. The molecule has 0 amide bonds. The van der Waals surface area contributed by atoms with Gasteiger partial charge in [0.1, 0.15) is 25.4 Å². The standard InChI is InChI=1S/C22H24N4O6S/c1-29-18-4-3-15(11-19(18)30-2)33(27,28)26-7-5-25(6-8-26)22-16-12-20-21(32-10-9-31-20)13-17(16)23-14-24-22/h3-4,11-14H,5-10H2,1-2H3. The van der Waals surface area contributed by atoms with Crippen molar-refractivity contribution in [3.8, 4) is 23.0 Å². The van der Waals surface area contributed by atoms with E-state index < -0.39 is 10.0 Å². The molecular weight excluding hydrogens is 448 g/mol. The molecule has 174 valence electrons. The van der Waals surface area contributed by atoms with E-state index in [1.807, 2.05) is 12.1 Å². The Kier molecular flexibility index (Phi) is 5.59. The number of aromatic nitrogens is 2. The molecule has 11 heteroatoms. The lowest BCUT2D eigenvalue weighted by atomic mass is 10.2. The van der Waals surface area contributed by atoms with Crippen LogP contribution in [0.15, 0.2) is 41.6 Å². The van der Waals surface area contributed by atoms with Gasteiger partial charge in [-0.1, -0.05) is 0 Å². The van der Waals surface area contributed by atoms with Gasteiger partial charge in [-0.15, -0.1) is 0 Å². The van der Waals surface area contributed by atoms with Crippen LogP contribution in [0.1, 0.15) is 0 Å². The van der Waals surface area contributed by atoms with Crippen LogP contribution >= 0.6 is 0 Å². The first-order valence-corrected chi connectivity index (χ1v) is 12.0. The first kappa shape index (κ1) is 21.5. The summed E-state index contributed by atoms with van der Waals surface area (Å²) in [5.74, 6) is 2.94. The number of nitrogens with zero attached hydrogens (tertiary/aromatic N) is 4. The summed E-state index contributed by atoms with van der Waals surface area (Å²) in [6, 6.07) is 8.37. The van der Waals surface area contributed by atoms with Crippen LogP contribution in [0.3, 0.4) is 0 Å². The van der Waals surface area contributed by atoms with Crippen molar-refractivity contribution in [1.82, 2.24) is 14.3 Å². The number of methoxy groups -OCH3 is 2. The number of piperazine rings is 1. The first-order valence-electron chi connectivity index (χ1n) is 10.5. The zero-order valence-electron chi connectivity index (χ0n) is 18.4. The quantitative estimate of drug-likeness (QED) is 0.551. The number of rotatable bonds is 5. The van der Waals surface area contributed by atoms with E-state index >= 15 is 0 Å². The van der Waals surface area contributed by atoms with Crippen molar-refractivity contribution in [2.45, 2.75) is 4.90 Å². The summed E-state index contributed by atoms with van der Waals surface area (Å²) < 4.78 is 49.8. The van der Waals surface area contributed by atoms with E-state index in [2.05, 4.69) is 14.9 Å². The molecule has 5 rings (SSSR count). The van der Waals surface area contributed by atoms with Crippen molar-refractivity contribution in [3.63, 3.8) is 0 Å². The van der Waals surface area contributed by atoms with Crippen LogP contribution in [0.4, 0.5) is 5.82 Å². The van der Waals surface area contributed by atoms with Gasteiger partial charge in [0.25, 0.3) is 0 Å². The fraction of sp³-hybridized carbons (Fsp3) is 0.364. The molecule has 0 saturated carbocycles. The second kappa shape index (κ2) is 8.56. The number of fused-ring (bicyclic) bond motifs is 2. The molecule has 1 fully saturated rings. The average molecular weight is 473 g/mol. The van der Waals surface area contributed by atoms with E-state index in [1.54, 1.807) is 6.07 Å². The van der Waals surface area contributed by atoms with Gasteiger partial charge in [-0.05, 0) is 18.2 Å². The fourth-order valence-electron chi connectivity index (χ4n) is 4.10. The molecule has 2 aliphatic heterocycles. The molecule has 10 nitrogen and oxygen atoms in total. The lowest BCUT2D eigenvalue weighted by Gasteiger charge is -2.35. The van der Waals surface area contributed by atoms with Crippen LogP contribution in [-0.2, 0) is 10.0 Å². The third-order valence-electron chi connectivity index (χ3n) is 5.81. The molecule has 0 radical (unpaired) electrons. The molecular formula is C22H24N4O6S. The van der Waals surface area contributed by atoms with E-state index in [0.29, 0.717) is 62.4 Å². The molecule has 0 spiro atoms. The number of hydrogen-bond donors (Lipinski definition) is 0. The predicted molar refractivity (Wildman–Crippen MR) is 121 cm³/mol. The van der Waals surface area contributed by atoms with E-state index in [9.17, 15) is 8.42 Å². The first-order chi connectivity index (χ1) is 16.0. The van der Waals surface area contributed by atoms with Gasteiger partial charge in [0.05, 0.1) is 24.6 Å². The minimum atomic E-state index is -3.68. The second-order valence-electron chi connectivity index (χ2n) is 7.62. The summed E-state index contributed by atoms with van der Waals surface area (Å²) >= 11 is 0. The highest BCUT2D eigenvalue weighted by Gasteiger charge is 2.30. The summed E-state index contributed by atoms with van der Waals surface area (Å²) in [5, 5.41) is 0.845. The summed E-state index contributed by atoms with van der Waals surface area (Å²) in [4.78, 5) is 11.1. The van der Waals surface area contributed by atoms with Gasteiger partial charge in [0, 0.05) is 43.7 Å². The molecule has 0 aliphatic carbocycles. The van der Waals surface area contributed by atoms with Gasteiger partial charge < -0.3 is 23.8 Å². The highest BCUT2D eigenvalue weighted by atomic mass is 32.2. The van der Waals surface area contributed by atoms with Crippen molar-refractivity contribution in [3.05, 3.63) is 36.7 Å². The van der Waals surface area contributed by atoms with Crippen LogP contribution < -0.4 is 23.8 Å². The second-order valence-corrected chi connectivity index (χ2v) is 9.56. The number of ether oxygens (including phenoxy) is 4. The number of hydrogen-bond acceptors (Lipinski definition) is 9. The Morgan fingerprint density at radius 2 is 1.58 bits per heavy atom. The molecule has 3 aromatic rings. The normalized spacial score (nSPS) is 16.6. The SMILES string of the molecule is COc1ccc(S(=O)(=O)N2CCN(c3ncnc4cc5c(cc34)OCCO5)CC2)cc1OC. The van der Waals surface area contributed by atoms with Crippen LogP contribution in [-0.4, -0.2) is 76.3 Å². The molecule has 2 aromatic carbocycles. The van der Waals surface area contributed by atoms with Gasteiger partial charge in [-0.3, -0.25) is 0 Å². The minimum absolute atomic E-state index is 0.171. The van der Waals surface area contributed by atoms with Crippen molar-refractivity contribution >= 4 is 26.7 Å². The Labute approximate surface area is 191 Å². The Morgan fingerprint density at radius 1 is 0.879 bits per heavy atom. The monoisotopic (exact) mass is 472 g/mol. The third kappa shape index (κ3) is 3.87. The Bertz CT molecular complexity index is 1290. The van der Waals surface area contributed by atoms with Crippen LogP contribution in [0, 0.1) is 0 Å². The molecule has 33 heavy (non-hydrogen) atoms. The number of sulfonamides is 1. The van der Waals surface area contributed by atoms with Gasteiger partial charge in [0.15, 0.2) is 23.0 Å². The molecule has 3 heterocycles. The minimum Gasteiger partial charge on any atom is -0.493 e. The van der Waals surface area contributed by atoms with Crippen LogP contribution in [0.25, 0.3) is 10.9 Å². The van der Waals surface area contributed by atoms with Gasteiger partial charge in [0.2, 0.25) is 10.0 Å². The van der Waals surface area contributed by atoms with Crippen LogP contribution in [0.5, 0.6) is 23.0 Å². The van der Waals surface area contributed by atoms with Crippen molar-refractivity contribution in [2.24, 2.45) is 0 Å². The lowest BCUT2D eigenvalue weighted by molar-refractivity contribution is 0.172. The summed E-state index contributed by atoms with van der Waals surface area (Å²) in [6.07, 6.45) is 1.51. The predicted octanol–water partition coefficient (Wildman–Crippen LogP) is 1.93. The van der Waals surface area contributed by atoms with Gasteiger partial charge >= 0.3 is 0 Å². The highest BCUT2D eigenvalue weighted by molar-refractivity contribution is 7.89. The fourth-order valence-corrected chi connectivity index (χ4v) is 5.54. The number of anilines is 1. The molecule has 1 saturated heterocycles. The molecule has 0 bridgehead atoms. The molecule has 0 unspecified atom stereocenters. The zero-order chi connectivity index (χ0) is 23.0. The third-order valence-corrected chi connectivity index (χ3v) is 7.70. The topological polar surface area (TPSA) is 103 Å². The summed E-state index contributed by atoms with van der Waals surface area (Å²) in [5.41, 5.74) is 0.754. The lowest BCUT2D eigenvalue weighted by Crippen LogP contribution is -2.49. The molecule has 2 aliphatic rings. The molecule has 0 N–H and O–H groups in total. The van der Waals surface area contributed by atoms with E-state index in [0.717, 1.165) is 16.7 Å². The maximum atomic E-state index is 13.2. The van der Waals surface area contributed by atoms with Crippen molar-refractivity contribution in [1.29, 1.82) is 0 Å². The highest BCUT2D eigenvalue weighted by Crippen LogP contribution is 2.37. The van der Waals surface area contributed by atoms with Gasteiger partial charge in [-0.2, -0.15) is 4.31 Å². The van der Waals surface area contributed by atoms with Crippen molar-refractivity contribution < 1.29 is 27.4 Å². The average Bonchev–Trinajstić information content (AvgIpc) is 2.86. The van der Waals surface area contributed by atoms with Gasteiger partial charge in [-0.25, -0.2) is 18.4 Å². The zero-order valence-corrected chi connectivity index (χ0v) is 19.2. The van der Waals surface area contributed by atoms with E-state index in [-0.39, 0.29) is 4.90 Å². The Balaban J connectivity index is 1.37. The van der Waals surface area contributed by atoms with E-state index in [1.165, 1.54) is 37.0 Å². The van der Waals surface area contributed by atoms with Crippen molar-refractivity contribution in [2.75, 3.05) is 58.5 Å². The summed E-state index contributed by atoms with van der Waals surface area (Å²) in [6.45, 7) is 2.64.